The number of aliphatic hydroxyl groups is 1. The third kappa shape index (κ3) is 3.30. The molecule has 0 saturated carbocycles. The van der Waals surface area contributed by atoms with Crippen molar-refractivity contribution < 1.29 is 10.0 Å². The van der Waals surface area contributed by atoms with Gasteiger partial charge in [-0.25, -0.2) is 0 Å². The molecule has 0 aliphatic carbocycles. The molecule has 2 heterocycles. The van der Waals surface area contributed by atoms with Crippen LogP contribution in [0.15, 0.2) is 48.5 Å². The van der Waals surface area contributed by atoms with Crippen LogP contribution in [0.4, 0.5) is 11.4 Å². The lowest BCUT2D eigenvalue weighted by Gasteiger charge is -2.40. The molecule has 0 bridgehead atoms. The zero-order chi connectivity index (χ0) is 19.9. The van der Waals surface area contributed by atoms with Crippen LogP contribution in [0, 0.1) is 17.0 Å². The molecule has 4 rings (SSSR count). The molecule has 7 heteroatoms. The molecule has 1 aromatic heterocycles. The second kappa shape index (κ2) is 7.04. The molecule has 1 fully saturated rings. The first kappa shape index (κ1) is 18.7. The normalized spacial score (nSPS) is 16.3. The molecule has 2 aromatic carbocycles. The molecule has 1 aliphatic heterocycles. The van der Waals surface area contributed by atoms with Crippen molar-refractivity contribution in [2.75, 3.05) is 18.0 Å². The van der Waals surface area contributed by atoms with E-state index in [1.54, 1.807) is 18.2 Å². The van der Waals surface area contributed by atoms with E-state index in [-0.39, 0.29) is 5.69 Å². The molecule has 0 amide bonds. The second-order valence-electron chi connectivity index (χ2n) is 7.24. The fourth-order valence-electron chi connectivity index (χ4n) is 3.93. The molecule has 28 heavy (non-hydrogen) atoms. The predicted octanol–water partition coefficient (Wildman–Crippen LogP) is 4.59. The molecule has 0 atom stereocenters. The van der Waals surface area contributed by atoms with Gasteiger partial charge in [0.1, 0.15) is 0 Å². The van der Waals surface area contributed by atoms with Crippen LogP contribution in [-0.2, 0) is 5.60 Å². The summed E-state index contributed by atoms with van der Waals surface area (Å²) in [6.07, 6.45) is 1.04. The van der Waals surface area contributed by atoms with Crippen molar-refractivity contribution in [3.05, 3.63) is 74.9 Å². The largest absolute Gasteiger partial charge is 0.385 e. The van der Waals surface area contributed by atoms with E-state index in [0.717, 1.165) is 27.8 Å². The number of nitro benzene ring substituents is 1. The Balaban J connectivity index is 1.68. The van der Waals surface area contributed by atoms with Crippen LogP contribution in [0.3, 0.4) is 0 Å². The third-order valence-corrected chi connectivity index (χ3v) is 5.75. The van der Waals surface area contributed by atoms with Gasteiger partial charge in [-0.3, -0.25) is 15.1 Å². The number of fused-ring (bicyclic) bond motifs is 1. The van der Waals surface area contributed by atoms with Gasteiger partial charge in [-0.05, 0) is 38.0 Å². The Morgan fingerprint density at radius 3 is 2.57 bits per heavy atom. The molecule has 1 N–H and O–H groups in total. The highest BCUT2D eigenvalue weighted by Gasteiger charge is 2.36. The number of piperidine rings is 1. The summed E-state index contributed by atoms with van der Waals surface area (Å²) in [5.41, 5.74) is 2.31. The number of nitro groups is 1. The fraction of sp³-hybridized carbons (Fsp3) is 0.286. The number of non-ortho nitro benzene ring substituents is 1. The minimum atomic E-state index is -0.973. The molecule has 1 saturated heterocycles. The summed E-state index contributed by atoms with van der Waals surface area (Å²) in [4.78, 5) is 17.5. The van der Waals surface area contributed by atoms with Gasteiger partial charge in [0, 0.05) is 52.6 Å². The number of halogens is 1. The highest BCUT2D eigenvalue weighted by atomic mass is 35.5. The Kier molecular flexibility index (Phi) is 4.69. The first-order valence-corrected chi connectivity index (χ1v) is 9.53. The number of aromatic nitrogens is 1. The molecule has 144 valence electrons. The molecule has 0 radical (unpaired) electrons. The summed E-state index contributed by atoms with van der Waals surface area (Å²) in [6.45, 7) is 3.14. The highest BCUT2D eigenvalue weighted by molar-refractivity contribution is 6.31. The SMILES string of the molecule is Cc1cc(N2CCC(O)(c3ccccc3Cl)CC2)c2cc([N+](=O)[O-])ccc2n1. The zero-order valence-electron chi connectivity index (χ0n) is 15.4. The summed E-state index contributed by atoms with van der Waals surface area (Å²) in [6, 6.07) is 14.1. The quantitative estimate of drug-likeness (QED) is 0.516. The Morgan fingerprint density at radius 1 is 1.18 bits per heavy atom. The van der Waals surface area contributed by atoms with Crippen LogP contribution in [0.1, 0.15) is 24.1 Å². The van der Waals surface area contributed by atoms with Gasteiger partial charge in [0.15, 0.2) is 0 Å². The monoisotopic (exact) mass is 397 g/mol. The summed E-state index contributed by atoms with van der Waals surface area (Å²) < 4.78 is 0. The standard InChI is InChI=1S/C21H20ClN3O3/c1-14-12-20(16-13-15(25(27)28)6-7-19(16)23-14)24-10-8-21(26,9-11-24)17-4-2-3-5-18(17)22/h2-7,12-13,26H,8-11H2,1H3. The molecular weight excluding hydrogens is 378 g/mol. The van der Waals surface area contributed by atoms with Gasteiger partial charge in [0.05, 0.1) is 16.0 Å². The lowest BCUT2D eigenvalue weighted by Crippen LogP contribution is -2.43. The molecular formula is C21H20ClN3O3. The number of hydrogen-bond donors (Lipinski definition) is 1. The van der Waals surface area contributed by atoms with Gasteiger partial charge in [0.2, 0.25) is 0 Å². The van der Waals surface area contributed by atoms with Crippen LogP contribution in [0.25, 0.3) is 10.9 Å². The maximum absolute atomic E-state index is 11.2. The summed E-state index contributed by atoms with van der Waals surface area (Å²) in [5.74, 6) is 0. The maximum atomic E-state index is 11.2. The van der Waals surface area contributed by atoms with Gasteiger partial charge in [-0.2, -0.15) is 0 Å². The Labute approximate surface area is 167 Å². The topological polar surface area (TPSA) is 79.5 Å². The number of hydrogen-bond acceptors (Lipinski definition) is 5. The molecule has 0 spiro atoms. The van der Waals surface area contributed by atoms with Crippen molar-refractivity contribution >= 4 is 33.9 Å². The van der Waals surface area contributed by atoms with Gasteiger partial charge in [-0.1, -0.05) is 29.8 Å². The average Bonchev–Trinajstić information content (AvgIpc) is 2.68. The summed E-state index contributed by atoms with van der Waals surface area (Å²) >= 11 is 6.30. The van der Waals surface area contributed by atoms with E-state index in [4.69, 9.17) is 11.6 Å². The minimum Gasteiger partial charge on any atom is -0.385 e. The summed E-state index contributed by atoms with van der Waals surface area (Å²) in [7, 11) is 0. The van der Waals surface area contributed by atoms with E-state index >= 15 is 0 Å². The van der Waals surface area contributed by atoms with E-state index in [9.17, 15) is 15.2 Å². The third-order valence-electron chi connectivity index (χ3n) is 5.42. The first-order chi connectivity index (χ1) is 13.4. The van der Waals surface area contributed by atoms with Crippen LogP contribution in [0.5, 0.6) is 0 Å². The molecule has 1 aliphatic rings. The number of pyridine rings is 1. The Hall–Kier alpha value is -2.70. The van der Waals surface area contributed by atoms with Crippen molar-refractivity contribution in [3.63, 3.8) is 0 Å². The smallest absolute Gasteiger partial charge is 0.270 e. The van der Waals surface area contributed by atoms with Crippen molar-refractivity contribution in [1.29, 1.82) is 0 Å². The van der Waals surface area contributed by atoms with E-state index < -0.39 is 10.5 Å². The number of aryl methyl sites for hydroxylation is 1. The predicted molar refractivity (Wildman–Crippen MR) is 110 cm³/mol. The molecule has 6 nitrogen and oxygen atoms in total. The van der Waals surface area contributed by atoms with Gasteiger partial charge in [-0.15, -0.1) is 0 Å². The second-order valence-corrected chi connectivity index (χ2v) is 7.65. The van der Waals surface area contributed by atoms with Crippen molar-refractivity contribution in [2.24, 2.45) is 0 Å². The van der Waals surface area contributed by atoms with Crippen LogP contribution >= 0.6 is 11.6 Å². The fourth-order valence-corrected chi connectivity index (χ4v) is 4.24. The highest BCUT2D eigenvalue weighted by Crippen LogP contribution is 2.39. The van der Waals surface area contributed by atoms with Gasteiger partial charge >= 0.3 is 0 Å². The number of rotatable bonds is 3. The van der Waals surface area contributed by atoms with Crippen LogP contribution in [-0.4, -0.2) is 28.1 Å². The Bertz CT molecular complexity index is 1060. The van der Waals surface area contributed by atoms with Crippen LogP contribution < -0.4 is 4.90 Å². The number of nitrogens with zero attached hydrogens (tertiary/aromatic N) is 3. The summed E-state index contributed by atoms with van der Waals surface area (Å²) in [5, 5.41) is 23.7. The van der Waals surface area contributed by atoms with Crippen molar-refractivity contribution in [2.45, 2.75) is 25.4 Å². The van der Waals surface area contributed by atoms with E-state index in [2.05, 4.69) is 9.88 Å². The van der Waals surface area contributed by atoms with E-state index in [1.165, 1.54) is 6.07 Å². The number of benzene rings is 2. The lowest BCUT2D eigenvalue weighted by atomic mass is 9.84. The Morgan fingerprint density at radius 2 is 1.89 bits per heavy atom. The van der Waals surface area contributed by atoms with E-state index in [1.807, 2.05) is 31.2 Å². The zero-order valence-corrected chi connectivity index (χ0v) is 16.2. The average molecular weight is 398 g/mol. The number of anilines is 1. The van der Waals surface area contributed by atoms with Crippen molar-refractivity contribution in [1.82, 2.24) is 4.98 Å². The van der Waals surface area contributed by atoms with Crippen LogP contribution in [0.2, 0.25) is 5.02 Å². The van der Waals surface area contributed by atoms with E-state index in [0.29, 0.717) is 31.0 Å². The lowest BCUT2D eigenvalue weighted by molar-refractivity contribution is -0.384. The maximum Gasteiger partial charge on any atom is 0.270 e. The van der Waals surface area contributed by atoms with Crippen molar-refractivity contribution in [3.8, 4) is 0 Å². The first-order valence-electron chi connectivity index (χ1n) is 9.15. The van der Waals surface area contributed by atoms with Gasteiger partial charge < -0.3 is 10.0 Å². The minimum absolute atomic E-state index is 0.0454. The van der Waals surface area contributed by atoms with Gasteiger partial charge in [0.25, 0.3) is 5.69 Å². The molecule has 0 unspecified atom stereocenters. The molecule has 3 aromatic rings.